The third-order valence-electron chi connectivity index (χ3n) is 4.93. The van der Waals surface area contributed by atoms with Gasteiger partial charge in [0.1, 0.15) is 11.5 Å². The summed E-state index contributed by atoms with van der Waals surface area (Å²) in [6, 6.07) is 11.5. The molecule has 1 amide bonds. The minimum Gasteiger partial charge on any atom is -0.484 e. The summed E-state index contributed by atoms with van der Waals surface area (Å²) < 4.78 is 16.8. The summed E-state index contributed by atoms with van der Waals surface area (Å²) in [6.07, 6.45) is 7.94. The average molecular weight is 440 g/mol. The molecule has 162 valence electrons. The van der Waals surface area contributed by atoms with Crippen LogP contribution in [0.15, 0.2) is 68.5 Å². The predicted octanol–water partition coefficient (Wildman–Crippen LogP) is 5.13. The van der Waals surface area contributed by atoms with Gasteiger partial charge in [-0.15, -0.1) is 10.2 Å². The van der Waals surface area contributed by atoms with E-state index in [-0.39, 0.29) is 18.3 Å². The van der Waals surface area contributed by atoms with Crippen LogP contribution in [0.25, 0.3) is 0 Å². The topological polar surface area (TPSA) is 81.6 Å². The summed E-state index contributed by atoms with van der Waals surface area (Å²) in [6.45, 7) is 2.62. The number of amides is 1. The molecule has 2 aromatic heterocycles. The Morgan fingerprint density at radius 3 is 2.94 bits per heavy atom. The number of allylic oxidation sites excluding steroid dienone is 2. The van der Waals surface area contributed by atoms with Crippen molar-refractivity contribution in [1.29, 1.82) is 0 Å². The lowest BCUT2D eigenvalue weighted by Gasteiger charge is -2.26. The molecule has 0 aliphatic heterocycles. The fraction of sp³-hybridized carbons (Fsp3) is 0.348. The van der Waals surface area contributed by atoms with Crippen LogP contribution in [0.5, 0.6) is 5.75 Å². The Hall–Kier alpha value is -3.00. The first-order chi connectivity index (χ1) is 15.2. The van der Waals surface area contributed by atoms with Crippen LogP contribution in [-0.2, 0) is 17.9 Å². The van der Waals surface area contributed by atoms with Gasteiger partial charge in [-0.1, -0.05) is 30.0 Å². The maximum absolute atomic E-state index is 13.0. The first-order valence-electron chi connectivity index (χ1n) is 10.3. The van der Waals surface area contributed by atoms with Crippen molar-refractivity contribution >= 4 is 17.7 Å². The van der Waals surface area contributed by atoms with Gasteiger partial charge in [0.25, 0.3) is 11.1 Å². The number of nitrogens with zero attached hydrogens (tertiary/aromatic N) is 3. The lowest BCUT2D eigenvalue weighted by molar-refractivity contribution is -0.127. The molecular formula is C23H25N3O4S. The van der Waals surface area contributed by atoms with Crippen molar-refractivity contribution in [1.82, 2.24) is 15.1 Å². The molecule has 0 atom stereocenters. The van der Waals surface area contributed by atoms with Gasteiger partial charge in [0.15, 0.2) is 6.61 Å². The summed E-state index contributed by atoms with van der Waals surface area (Å²) in [4.78, 5) is 14.8. The fourth-order valence-corrected chi connectivity index (χ4v) is 4.04. The fourth-order valence-electron chi connectivity index (χ4n) is 3.38. The molecule has 1 aliphatic carbocycles. The van der Waals surface area contributed by atoms with Crippen molar-refractivity contribution in [2.45, 2.75) is 51.0 Å². The van der Waals surface area contributed by atoms with Crippen LogP contribution in [0.2, 0.25) is 0 Å². The van der Waals surface area contributed by atoms with E-state index < -0.39 is 0 Å². The molecule has 0 N–H and O–H groups in total. The molecule has 0 unspecified atom stereocenters. The van der Waals surface area contributed by atoms with Crippen LogP contribution in [0.4, 0.5) is 0 Å². The zero-order chi connectivity index (χ0) is 21.5. The molecule has 0 fully saturated rings. The maximum Gasteiger partial charge on any atom is 0.277 e. The molecular weight excluding hydrogens is 414 g/mol. The Balaban J connectivity index is 1.33. The number of ether oxygens (including phenoxy) is 1. The summed E-state index contributed by atoms with van der Waals surface area (Å²) in [7, 11) is 0. The van der Waals surface area contributed by atoms with E-state index in [2.05, 4.69) is 16.3 Å². The molecule has 0 saturated heterocycles. The number of furan rings is 1. The molecule has 8 heteroatoms. The van der Waals surface area contributed by atoms with Gasteiger partial charge in [0.2, 0.25) is 5.91 Å². The van der Waals surface area contributed by atoms with Gasteiger partial charge in [-0.3, -0.25) is 4.79 Å². The summed E-state index contributed by atoms with van der Waals surface area (Å²) >= 11 is 1.23. The van der Waals surface area contributed by atoms with E-state index in [1.165, 1.54) is 11.8 Å². The van der Waals surface area contributed by atoms with E-state index in [0.717, 1.165) is 48.5 Å². The lowest BCUT2D eigenvalue weighted by atomic mass is 10.0. The standard InChI is InChI=1S/C23H25N3O4S/c1-17-7-5-10-19(13-17)29-15-21-24-25-23(30-21)31-16-22(27)26(14-20-11-6-12-28-20)18-8-3-2-4-9-18/h5-8,10-13H,2-4,9,14-16H2,1H3. The van der Waals surface area contributed by atoms with E-state index in [4.69, 9.17) is 13.6 Å². The van der Waals surface area contributed by atoms with Gasteiger partial charge in [-0.2, -0.15) is 0 Å². The largest absolute Gasteiger partial charge is 0.484 e. The van der Waals surface area contributed by atoms with Gasteiger partial charge in [0, 0.05) is 5.70 Å². The highest BCUT2D eigenvalue weighted by molar-refractivity contribution is 7.99. The Bertz CT molecular complexity index is 1030. The SMILES string of the molecule is Cc1cccc(OCc2nnc(SCC(=O)N(Cc3ccco3)C3=CCCCC3)o2)c1. The number of thioether (sulfide) groups is 1. The number of hydrogen-bond donors (Lipinski definition) is 0. The monoisotopic (exact) mass is 439 g/mol. The Labute approximate surface area is 185 Å². The zero-order valence-electron chi connectivity index (χ0n) is 17.5. The van der Waals surface area contributed by atoms with Crippen molar-refractivity contribution in [3.8, 4) is 5.75 Å². The summed E-state index contributed by atoms with van der Waals surface area (Å²) in [5.74, 6) is 2.08. The van der Waals surface area contributed by atoms with Gasteiger partial charge in [-0.05, 0) is 62.4 Å². The highest BCUT2D eigenvalue weighted by Gasteiger charge is 2.22. The predicted molar refractivity (Wildman–Crippen MR) is 116 cm³/mol. The van der Waals surface area contributed by atoms with E-state index in [1.54, 1.807) is 6.26 Å². The van der Waals surface area contributed by atoms with E-state index in [0.29, 0.717) is 17.7 Å². The lowest BCUT2D eigenvalue weighted by Crippen LogP contribution is -2.32. The number of aromatic nitrogens is 2. The molecule has 7 nitrogen and oxygen atoms in total. The van der Waals surface area contributed by atoms with Crippen LogP contribution < -0.4 is 4.74 Å². The van der Waals surface area contributed by atoms with Crippen LogP contribution in [0.3, 0.4) is 0 Å². The van der Waals surface area contributed by atoms with Gasteiger partial charge >= 0.3 is 0 Å². The van der Waals surface area contributed by atoms with Crippen molar-refractivity contribution < 1.29 is 18.4 Å². The summed E-state index contributed by atoms with van der Waals surface area (Å²) in [5, 5.41) is 8.39. The first-order valence-corrected chi connectivity index (χ1v) is 11.3. The van der Waals surface area contributed by atoms with E-state index in [9.17, 15) is 4.79 Å². The normalized spacial score (nSPS) is 13.6. The minimum absolute atomic E-state index is 0.00897. The van der Waals surface area contributed by atoms with E-state index >= 15 is 0 Å². The molecule has 0 spiro atoms. The highest BCUT2D eigenvalue weighted by Crippen LogP contribution is 2.25. The van der Waals surface area contributed by atoms with Crippen molar-refractivity contribution in [2.24, 2.45) is 0 Å². The molecule has 1 aromatic carbocycles. The first kappa shape index (κ1) is 21.2. The second kappa shape index (κ2) is 10.3. The van der Waals surface area contributed by atoms with Crippen LogP contribution >= 0.6 is 11.8 Å². The zero-order valence-corrected chi connectivity index (χ0v) is 18.3. The number of carbonyl (C=O) groups is 1. The van der Waals surface area contributed by atoms with Crippen LogP contribution in [0.1, 0.15) is 42.9 Å². The Morgan fingerprint density at radius 1 is 1.23 bits per heavy atom. The smallest absolute Gasteiger partial charge is 0.277 e. The molecule has 4 rings (SSSR count). The third-order valence-corrected chi connectivity index (χ3v) is 5.73. The number of rotatable bonds is 9. The maximum atomic E-state index is 13.0. The van der Waals surface area contributed by atoms with Gasteiger partial charge in [0.05, 0.1) is 18.6 Å². The minimum atomic E-state index is -0.00897. The van der Waals surface area contributed by atoms with Gasteiger partial charge < -0.3 is 18.5 Å². The van der Waals surface area contributed by atoms with Crippen molar-refractivity contribution in [3.63, 3.8) is 0 Å². The van der Waals surface area contributed by atoms with Gasteiger partial charge in [-0.25, -0.2) is 0 Å². The molecule has 1 aliphatic rings. The number of benzene rings is 1. The average Bonchev–Trinajstić information content (AvgIpc) is 3.47. The number of aryl methyl sites for hydroxylation is 1. The van der Waals surface area contributed by atoms with Crippen molar-refractivity contribution in [3.05, 3.63) is 71.6 Å². The number of carbonyl (C=O) groups excluding carboxylic acids is 1. The molecule has 3 aromatic rings. The highest BCUT2D eigenvalue weighted by atomic mass is 32.2. The molecule has 0 radical (unpaired) electrons. The molecule has 31 heavy (non-hydrogen) atoms. The van der Waals surface area contributed by atoms with Crippen LogP contribution in [-0.4, -0.2) is 26.8 Å². The number of hydrogen-bond acceptors (Lipinski definition) is 7. The Morgan fingerprint density at radius 2 is 2.16 bits per heavy atom. The van der Waals surface area contributed by atoms with Crippen molar-refractivity contribution in [2.75, 3.05) is 5.75 Å². The third kappa shape index (κ3) is 6.01. The second-order valence-corrected chi connectivity index (χ2v) is 8.28. The molecule has 2 heterocycles. The molecule has 0 bridgehead atoms. The second-order valence-electron chi connectivity index (χ2n) is 7.36. The quantitative estimate of drug-likeness (QED) is 0.428. The van der Waals surface area contributed by atoms with E-state index in [1.807, 2.05) is 48.2 Å². The summed E-state index contributed by atoms with van der Waals surface area (Å²) in [5.41, 5.74) is 2.18. The molecule has 0 saturated carbocycles. The Kier molecular flexibility index (Phi) is 7.09. The van der Waals surface area contributed by atoms with Crippen LogP contribution in [0, 0.1) is 6.92 Å².